The molecule has 0 bridgehead atoms. The first kappa shape index (κ1) is 26.0. The molecule has 8 nitrogen and oxygen atoms in total. The number of aromatic hydroxyl groups is 1. The van der Waals surface area contributed by atoms with E-state index in [-0.39, 0.29) is 11.7 Å². The van der Waals surface area contributed by atoms with E-state index in [9.17, 15) is 9.90 Å². The summed E-state index contributed by atoms with van der Waals surface area (Å²) in [6.07, 6.45) is 11.4. The van der Waals surface area contributed by atoms with Crippen LogP contribution in [0.1, 0.15) is 50.5 Å². The van der Waals surface area contributed by atoms with E-state index in [2.05, 4.69) is 22.0 Å². The van der Waals surface area contributed by atoms with Crippen molar-refractivity contribution in [3.05, 3.63) is 78.6 Å². The van der Waals surface area contributed by atoms with Gasteiger partial charge in [-0.1, -0.05) is 43.5 Å². The molecular formula is C32H35N5O3. The molecule has 2 aliphatic rings. The molecule has 8 heteroatoms. The Bertz CT molecular complexity index is 1430. The van der Waals surface area contributed by atoms with E-state index in [0.717, 1.165) is 48.1 Å². The fourth-order valence-corrected chi connectivity index (χ4v) is 5.61. The average molecular weight is 538 g/mol. The maximum absolute atomic E-state index is 13.2. The standard InChI is InChI=1S/C32H35N5O3/c38-28-10-4-7-26(21-28)30-34-31(24-15-17-33-18-16-24)37(35-30)19-20-40-29-13-11-23(12-14-29)22-36(27-8-1-2-9-27)32(39)25-5-3-6-25/h4,7,10-18,21,25,27,38H,1-3,5-6,8-9,19-20,22H2. The molecule has 2 aromatic heterocycles. The Morgan fingerprint density at radius 2 is 1.73 bits per heavy atom. The normalized spacial score (nSPS) is 15.6. The third-order valence-corrected chi connectivity index (χ3v) is 8.07. The molecular weight excluding hydrogens is 502 g/mol. The van der Waals surface area contributed by atoms with Gasteiger partial charge in [-0.15, -0.1) is 0 Å². The predicted molar refractivity (Wildman–Crippen MR) is 152 cm³/mol. The van der Waals surface area contributed by atoms with Gasteiger partial charge in [-0.05, 0) is 67.6 Å². The highest BCUT2D eigenvalue weighted by Crippen LogP contribution is 2.33. The zero-order valence-corrected chi connectivity index (χ0v) is 22.7. The van der Waals surface area contributed by atoms with Crippen molar-refractivity contribution in [2.45, 2.75) is 64.1 Å². The van der Waals surface area contributed by atoms with Gasteiger partial charge in [0.15, 0.2) is 11.6 Å². The summed E-state index contributed by atoms with van der Waals surface area (Å²) in [7, 11) is 0. The average Bonchev–Trinajstić information content (AvgIpc) is 3.63. The van der Waals surface area contributed by atoms with E-state index in [1.165, 1.54) is 19.3 Å². The summed E-state index contributed by atoms with van der Waals surface area (Å²) in [5.41, 5.74) is 2.79. The maximum Gasteiger partial charge on any atom is 0.226 e. The number of hydrogen-bond donors (Lipinski definition) is 1. The van der Waals surface area contributed by atoms with E-state index in [0.29, 0.717) is 43.3 Å². The van der Waals surface area contributed by atoms with Gasteiger partial charge < -0.3 is 14.7 Å². The Morgan fingerprint density at radius 3 is 2.42 bits per heavy atom. The molecule has 2 saturated carbocycles. The van der Waals surface area contributed by atoms with Crippen LogP contribution in [0.3, 0.4) is 0 Å². The highest BCUT2D eigenvalue weighted by Gasteiger charge is 2.34. The van der Waals surface area contributed by atoms with Crippen molar-refractivity contribution in [2.75, 3.05) is 6.61 Å². The summed E-state index contributed by atoms with van der Waals surface area (Å²) in [6.45, 7) is 1.58. The third kappa shape index (κ3) is 5.86. The highest BCUT2D eigenvalue weighted by molar-refractivity contribution is 5.80. The Kier molecular flexibility index (Phi) is 7.75. The predicted octanol–water partition coefficient (Wildman–Crippen LogP) is 5.86. The topological polar surface area (TPSA) is 93.4 Å². The molecule has 2 fully saturated rings. The van der Waals surface area contributed by atoms with Gasteiger partial charge in [0.1, 0.15) is 18.1 Å². The van der Waals surface area contributed by atoms with Gasteiger partial charge in [0.25, 0.3) is 0 Å². The molecule has 0 aliphatic heterocycles. The van der Waals surface area contributed by atoms with E-state index in [1.54, 1.807) is 30.6 Å². The van der Waals surface area contributed by atoms with Crippen molar-refractivity contribution in [3.63, 3.8) is 0 Å². The van der Waals surface area contributed by atoms with Gasteiger partial charge in [0, 0.05) is 42.0 Å². The number of carbonyl (C=O) groups excluding carboxylic acids is 1. The molecule has 2 aliphatic carbocycles. The van der Waals surface area contributed by atoms with Crippen LogP contribution in [0.15, 0.2) is 73.1 Å². The first-order valence-electron chi connectivity index (χ1n) is 14.3. The van der Waals surface area contributed by atoms with Gasteiger partial charge in [0.05, 0.1) is 6.54 Å². The second kappa shape index (κ2) is 11.9. The van der Waals surface area contributed by atoms with Crippen LogP contribution in [-0.2, 0) is 17.9 Å². The van der Waals surface area contributed by atoms with Crippen LogP contribution in [0.2, 0.25) is 0 Å². The zero-order chi connectivity index (χ0) is 27.3. The number of hydrogen-bond acceptors (Lipinski definition) is 6. The molecule has 206 valence electrons. The Balaban J connectivity index is 1.12. The van der Waals surface area contributed by atoms with Gasteiger partial charge in [0.2, 0.25) is 5.91 Å². The molecule has 2 heterocycles. The molecule has 0 radical (unpaired) electrons. The lowest BCUT2D eigenvalue weighted by Crippen LogP contribution is -2.43. The van der Waals surface area contributed by atoms with Crippen LogP contribution in [-0.4, -0.2) is 48.3 Å². The molecule has 1 N–H and O–H groups in total. The van der Waals surface area contributed by atoms with E-state index in [4.69, 9.17) is 14.8 Å². The van der Waals surface area contributed by atoms with Crippen LogP contribution in [0.4, 0.5) is 0 Å². The Labute approximate surface area is 234 Å². The minimum Gasteiger partial charge on any atom is -0.508 e. The molecule has 0 saturated heterocycles. The van der Waals surface area contributed by atoms with Gasteiger partial charge >= 0.3 is 0 Å². The Morgan fingerprint density at radius 1 is 0.950 bits per heavy atom. The summed E-state index contributed by atoms with van der Waals surface area (Å²) in [4.78, 5) is 24.2. The van der Waals surface area contributed by atoms with Crippen LogP contribution >= 0.6 is 0 Å². The fourth-order valence-electron chi connectivity index (χ4n) is 5.61. The highest BCUT2D eigenvalue weighted by atomic mass is 16.5. The summed E-state index contributed by atoms with van der Waals surface area (Å²) < 4.78 is 7.91. The second-order valence-corrected chi connectivity index (χ2v) is 10.8. The second-order valence-electron chi connectivity index (χ2n) is 10.8. The molecule has 1 amide bonds. The quantitative estimate of drug-likeness (QED) is 0.272. The lowest BCUT2D eigenvalue weighted by molar-refractivity contribution is -0.141. The number of pyridine rings is 1. The van der Waals surface area contributed by atoms with Crippen LogP contribution in [0, 0.1) is 5.92 Å². The van der Waals surface area contributed by atoms with Crippen LogP contribution in [0.5, 0.6) is 11.5 Å². The monoisotopic (exact) mass is 537 g/mol. The van der Waals surface area contributed by atoms with Crippen LogP contribution < -0.4 is 4.74 Å². The minimum absolute atomic E-state index is 0.171. The van der Waals surface area contributed by atoms with Crippen molar-refractivity contribution in [3.8, 4) is 34.3 Å². The van der Waals surface area contributed by atoms with Gasteiger partial charge in [-0.25, -0.2) is 9.67 Å². The zero-order valence-electron chi connectivity index (χ0n) is 22.7. The minimum atomic E-state index is 0.171. The summed E-state index contributed by atoms with van der Waals surface area (Å²) in [6, 6.07) is 19.2. The summed E-state index contributed by atoms with van der Waals surface area (Å²) in [5.74, 6) is 2.77. The third-order valence-electron chi connectivity index (χ3n) is 8.07. The number of phenolic OH excluding ortho intramolecular Hbond substituents is 1. The van der Waals surface area contributed by atoms with Crippen molar-refractivity contribution in [1.29, 1.82) is 0 Å². The molecule has 6 rings (SSSR count). The maximum atomic E-state index is 13.2. The molecule has 2 aromatic carbocycles. The molecule has 40 heavy (non-hydrogen) atoms. The van der Waals surface area contributed by atoms with E-state index < -0.39 is 0 Å². The first-order chi connectivity index (χ1) is 19.6. The van der Waals surface area contributed by atoms with Gasteiger partial charge in [-0.3, -0.25) is 9.78 Å². The Hall–Kier alpha value is -4.20. The largest absolute Gasteiger partial charge is 0.508 e. The number of aromatic nitrogens is 4. The molecule has 0 atom stereocenters. The van der Waals surface area contributed by atoms with Crippen molar-refractivity contribution < 1.29 is 14.6 Å². The number of ether oxygens (including phenoxy) is 1. The number of carbonyl (C=O) groups is 1. The number of amides is 1. The van der Waals surface area contributed by atoms with Crippen molar-refractivity contribution in [2.24, 2.45) is 5.92 Å². The molecule has 0 spiro atoms. The van der Waals surface area contributed by atoms with Crippen molar-refractivity contribution >= 4 is 5.91 Å². The number of rotatable bonds is 10. The fraction of sp³-hybridized carbons (Fsp3) is 0.375. The van der Waals surface area contributed by atoms with Crippen LogP contribution in [0.25, 0.3) is 22.8 Å². The number of phenols is 1. The van der Waals surface area contributed by atoms with Gasteiger partial charge in [-0.2, -0.15) is 5.10 Å². The first-order valence-corrected chi connectivity index (χ1v) is 14.3. The van der Waals surface area contributed by atoms with Crippen molar-refractivity contribution in [1.82, 2.24) is 24.6 Å². The lowest BCUT2D eigenvalue weighted by atomic mass is 9.84. The number of nitrogens with zero attached hydrogens (tertiary/aromatic N) is 5. The summed E-state index contributed by atoms with van der Waals surface area (Å²) >= 11 is 0. The number of benzene rings is 2. The van der Waals surface area contributed by atoms with E-state index >= 15 is 0 Å². The smallest absolute Gasteiger partial charge is 0.226 e. The summed E-state index contributed by atoms with van der Waals surface area (Å²) in [5, 5.41) is 14.6. The lowest BCUT2D eigenvalue weighted by Gasteiger charge is -2.35. The molecule has 0 unspecified atom stereocenters. The molecule has 4 aromatic rings. The SMILES string of the molecule is O=C(C1CCC1)N(Cc1ccc(OCCn2nc(-c3cccc(O)c3)nc2-c2ccncc2)cc1)C1CCCC1. The van der Waals surface area contributed by atoms with E-state index in [1.807, 2.05) is 35.0 Å².